The summed E-state index contributed by atoms with van der Waals surface area (Å²) < 4.78 is 9.42. The first-order valence-corrected chi connectivity index (χ1v) is 7.02. The summed E-state index contributed by atoms with van der Waals surface area (Å²) in [6.45, 7) is 0. The first kappa shape index (κ1) is 17.8. The first-order chi connectivity index (χ1) is 11.9. The van der Waals surface area contributed by atoms with Crippen molar-refractivity contribution >= 4 is 23.6 Å². The van der Waals surface area contributed by atoms with Crippen molar-refractivity contribution in [1.29, 1.82) is 0 Å². The van der Waals surface area contributed by atoms with E-state index in [9.17, 15) is 19.5 Å². The second-order valence-corrected chi connectivity index (χ2v) is 4.82. The van der Waals surface area contributed by atoms with Gasteiger partial charge in [-0.2, -0.15) is 0 Å². The van der Waals surface area contributed by atoms with Gasteiger partial charge in [0.15, 0.2) is 0 Å². The lowest BCUT2D eigenvalue weighted by atomic mass is 10.1. The fraction of sp³-hybridized carbons (Fsp3) is 0.118. The average molecular weight is 345 g/mol. The Labute approximate surface area is 142 Å². The molecule has 0 amide bonds. The monoisotopic (exact) mass is 345 g/mol. The van der Waals surface area contributed by atoms with E-state index in [0.717, 1.165) is 13.2 Å². The van der Waals surface area contributed by atoms with Gasteiger partial charge in [0, 0.05) is 6.20 Å². The van der Waals surface area contributed by atoms with Gasteiger partial charge in [-0.3, -0.25) is 0 Å². The zero-order valence-electron chi connectivity index (χ0n) is 13.4. The third-order valence-electron chi connectivity index (χ3n) is 3.37. The van der Waals surface area contributed by atoms with E-state index in [1.807, 2.05) is 0 Å². The van der Waals surface area contributed by atoms with Gasteiger partial charge >= 0.3 is 17.9 Å². The molecule has 0 fully saturated rings. The van der Waals surface area contributed by atoms with Gasteiger partial charge in [-0.05, 0) is 30.4 Å². The number of allylic oxidation sites excluding steroid dienone is 2. The number of ether oxygens (including phenoxy) is 2. The molecule has 1 aromatic rings. The quantitative estimate of drug-likeness (QED) is 0.791. The van der Waals surface area contributed by atoms with Crippen molar-refractivity contribution in [2.75, 3.05) is 19.1 Å². The molecule has 8 nitrogen and oxygen atoms in total. The largest absolute Gasteiger partial charge is 0.506 e. The maximum absolute atomic E-state index is 12.2. The molecule has 0 aromatic heterocycles. The summed E-state index contributed by atoms with van der Waals surface area (Å²) in [6.07, 6.45) is 5.84. The summed E-state index contributed by atoms with van der Waals surface area (Å²) in [5.41, 5.74) is -0.305. The van der Waals surface area contributed by atoms with Crippen LogP contribution in [0.5, 0.6) is 5.75 Å². The molecule has 1 aliphatic rings. The number of aromatic carboxylic acids is 1. The van der Waals surface area contributed by atoms with E-state index < -0.39 is 23.7 Å². The molecule has 0 saturated heterocycles. The lowest BCUT2D eigenvalue weighted by Crippen LogP contribution is -2.27. The van der Waals surface area contributed by atoms with E-state index in [2.05, 4.69) is 4.74 Å². The Kier molecular flexibility index (Phi) is 5.23. The van der Waals surface area contributed by atoms with Crippen LogP contribution in [-0.2, 0) is 19.1 Å². The van der Waals surface area contributed by atoms with Gasteiger partial charge in [0.1, 0.15) is 11.4 Å². The molecule has 0 unspecified atom stereocenters. The third-order valence-corrected chi connectivity index (χ3v) is 3.37. The predicted octanol–water partition coefficient (Wildman–Crippen LogP) is 1.58. The van der Waals surface area contributed by atoms with Crippen molar-refractivity contribution in [2.45, 2.75) is 0 Å². The summed E-state index contributed by atoms with van der Waals surface area (Å²) in [7, 11) is 2.31. The Morgan fingerprint density at radius 1 is 1.04 bits per heavy atom. The van der Waals surface area contributed by atoms with E-state index in [-0.39, 0.29) is 22.5 Å². The van der Waals surface area contributed by atoms with E-state index in [1.165, 1.54) is 48.6 Å². The number of anilines is 1. The van der Waals surface area contributed by atoms with Crippen molar-refractivity contribution in [2.24, 2.45) is 0 Å². The predicted molar refractivity (Wildman–Crippen MR) is 86.9 cm³/mol. The highest BCUT2D eigenvalue weighted by atomic mass is 16.5. The molecule has 0 radical (unpaired) electrons. The van der Waals surface area contributed by atoms with E-state index in [1.54, 1.807) is 0 Å². The number of carbonyl (C=O) groups excluding carboxylic acids is 2. The number of benzene rings is 1. The molecule has 0 spiro atoms. The number of hydrogen-bond acceptors (Lipinski definition) is 7. The molecule has 0 aliphatic carbocycles. The molecule has 130 valence electrons. The second-order valence-electron chi connectivity index (χ2n) is 4.82. The van der Waals surface area contributed by atoms with Gasteiger partial charge in [0.05, 0.1) is 31.0 Å². The maximum Gasteiger partial charge on any atom is 0.355 e. The number of carboxylic acids is 1. The number of phenolic OH excluding ortho intramolecular Hbond substituents is 1. The third kappa shape index (κ3) is 3.52. The van der Waals surface area contributed by atoms with E-state index in [4.69, 9.17) is 9.84 Å². The number of nitrogens with zero attached hydrogens (tertiary/aromatic N) is 1. The van der Waals surface area contributed by atoms with Gasteiger partial charge in [0.25, 0.3) is 0 Å². The van der Waals surface area contributed by atoms with Crippen molar-refractivity contribution < 1.29 is 34.1 Å². The molecule has 0 saturated carbocycles. The van der Waals surface area contributed by atoms with Crippen molar-refractivity contribution in [3.05, 3.63) is 59.5 Å². The minimum Gasteiger partial charge on any atom is -0.506 e. The number of methoxy groups -OCH3 is 2. The molecular weight excluding hydrogens is 330 g/mol. The van der Waals surface area contributed by atoms with E-state index >= 15 is 0 Å². The van der Waals surface area contributed by atoms with Crippen LogP contribution in [0.3, 0.4) is 0 Å². The van der Waals surface area contributed by atoms with Gasteiger partial charge in [-0.1, -0.05) is 6.08 Å². The van der Waals surface area contributed by atoms with Crippen LogP contribution in [0.4, 0.5) is 5.69 Å². The molecule has 2 N–H and O–H groups in total. The van der Waals surface area contributed by atoms with Crippen LogP contribution in [0.15, 0.2) is 53.9 Å². The molecule has 1 aromatic carbocycles. The normalized spacial score (nSPS) is 13.4. The standard InChI is InChI=1S/C17H15NO7/c1-24-16(22)11-5-3-4-8-18(14(11)17(23)25-2)12-7-6-10(15(20)21)9-13(12)19/h3-9,19H,1-2H3,(H,20,21). The molecule has 0 bridgehead atoms. The highest BCUT2D eigenvalue weighted by molar-refractivity contribution is 6.05. The van der Waals surface area contributed by atoms with Gasteiger partial charge in [-0.15, -0.1) is 0 Å². The molecule has 25 heavy (non-hydrogen) atoms. The highest BCUT2D eigenvalue weighted by Crippen LogP contribution is 2.33. The SMILES string of the molecule is COC(=O)C1=C(C(=O)OC)N(c2ccc(C(=O)O)cc2O)C=CC=C1. The summed E-state index contributed by atoms with van der Waals surface area (Å²) in [6, 6.07) is 3.61. The molecule has 1 heterocycles. The number of carbonyl (C=O) groups is 3. The van der Waals surface area contributed by atoms with Crippen LogP contribution in [0.2, 0.25) is 0 Å². The van der Waals surface area contributed by atoms with Crippen molar-refractivity contribution in [3.63, 3.8) is 0 Å². The summed E-state index contributed by atoms with van der Waals surface area (Å²) in [4.78, 5) is 36.5. The Morgan fingerprint density at radius 2 is 1.72 bits per heavy atom. The van der Waals surface area contributed by atoms with Gasteiger partial charge in [-0.25, -0.2) is 14.4 Å². The molecule has 1 aliphatic heterocycles. The number of esters is 2. The number of hydrogen-bond donors (Lipinski definition) is 2. The molecular formula is C17H15NO7. The van der Waals surface area contributed by atoms with Crippen molar-refractivity contribution in [3.8, 4) is 5.75 Å². The number of rotatable bonds is 4. The van der Waals surface area contributed by atoms with Crippen LogP contribution in [-0.4, -0.2) is 42.3 Å². The lowest BCUT2D eigenvalue weighted by Gasteiger charge is -2.23. The number of phenols is 1. The zero-order chi connectivity index (χ0) is 18.6. The number of aromatic hydroxyl groups is 1. The zero-order valence-corrected chi connectivity index (χ0v) is 13.4. The summed E-state index contributed by atoms with van der Waals surface area (Å²) in [5, 5.41) is 19.2. The topological polar surface area (TPSA) is 113 Å². The molecule has 0 atom stereocenters. The Hall–Kier alpha value is -3.55. The smallest absolute Gasteiger partial charge is 0.355 e. The maximum atomic E-state index is 12.2. The van der Waals surface area contributed by atoms with Crippen LogP contribution in [0.25, 0.3) is 0 Å². The van der Waals surface area contributed by atoms with Crippen LogP contribution in [0.1, 0.15) is 10.4 Å². The minimum absolute atomic E-state index is 0.0824. The Bertz CT molecular complexity index is 820. The van der Waals surface area contributed by atoms with Gasteiger partial charge in [0.2, 0.25) is 0 Å². The first-order valence-electron chi connectivity index (χ1n) is 7.02. The summed E-state index contributed by atoms with van der Waals surface area (Å²) in [5.74, 6) is -3.21. The fourth-order valence-electron chi connectivity index (χ4n) is 2.21. The Morgan fingerprint density at radius 3 is 2.28 bits per heavy atom. The van der Waals surface area contributed by atoms with Crippen molar-refractivity contribution in [1.82, 2.24) is 0 Å². The highest BCUT2D eigenvalue weighted by Gasteiger charge is 2.28. The molecule has 2 rings (SSSR count). The summed E-state index contributed by atoms with van der Waals surface area (Å²) >= 11 is 0. The fourth-order valence-corrected chi connectivity index (χ4v) is 2.21. The van der Waals surface area contributed by atoms with Crippen LogP contribution >= 0.6 is 0 Å². The second kappa shape index (κ2) is 7.35. The minimum atomic E-state index is -1.21. The average Bonchev–Trinajstić information content (AvgIpc) is 2.82. The number of carboxylic acid groups (broad SMARTS) is 1. The molecule has 8 heteroatoms. The van der Waals surface area contributed by atoms with Gasteiger partial charge < -0.3 is 24.6 Å². The Balaban J connectivity index is 2.67. The lowest BCUT2D eigenvalue weighted by molar-refractivity contribution is -0.139. The van der Waals surface area contributed by atoms with Crippen LogP contribution < -0.4 is 4.90 Å². The van der Waals surface area contributed by atoms with E-state index in [0.29, 0.717) is 0 Å². The van der Waals surface area contributed by atoms with Crippen LogP contribution in [0, 0.1) is 0 Å².